The molecular formula is C18H21F2N. The summed E-state index contributed by atoms with van der Waals surface area (Å²) in [5.74, 6) is -1.02. The van der Waals surface area contributed by atoms with Crippen LogP contribution in [-0.4, -0.2) is 12.6 Å². The number of aryl methyl sites for hydroxylation is 1. The number of halogens is 2. The fraction of sp³-hybridized carbons (Fsp3) is 0.333. The molecule has 0 saturated heterocycles. The molecule has 0 amide bonds. The number of benzene rings is 2. The van der Waals surface area contributed by atoms with Gasteiger partial charge in [0.05, 0.1) is 0 Å². The van der Waals surface area contributed by atoms with Crippen molar-refractivity contribution in [2.75, 3.05) is 6.54 Å². The van der Waals surface area contributed by atoms with Crippen LogP contribution in [0.4, 0.5) is 8.78 Å². The first-order chi connectivity index (χ1) is 10.2. The minimum Gasteiger partial charge on any atom is -0.314 e. The zero-order valence-corrected chi connectivity index (χ0v) is 12.3. The summed E-state index contributed by atoms with van der Waals surface area (Å²) in [6.45, 7) is 2.89. The van der Waals surface area contributed by atoms with Gasteiger partial charge in [0, 0.05) is 12.1 Å². The van der Waals surface area contributed by atoms with Crippen molar-refractivity contribution in [3.63, 3.8) is 0 Å². The fourth-order valence-electron chi connectivity index (χ4n) is 2.56. The Kier molecular flexibility index (Phi) is 5.88. The van der Waals surface area contributed by atoms with Crippen molar-refractivity contribution in [3.8, 4) is 0 Å². The molecule has 2 aromatic carbocycles. The second kappa shape index (κ2) is 7.89. The minimum absolute atomic E-state index is 0.219. The molecule has 0 fully saturated rings. The smallest absolute Gasteiger partial charge is 0.126 e. The van der Waals surface area contributed by atoms with Crippen LogP contribution in [-0.2, 0) is 12.8 Å². The lowest BCUT2D eigenvalue weighted by molar-refractivity contribution is 0.487. The Balaban J connectivity index is 1.98. The Labute approximate surface area is 125 Å². The molecule has 0 radical (unpaired) electrons. The SMILES string of the molecule is CCNC(CCc1ccccc1)Cc1cc(F)cc(F)c1. The molecule has 0 saturated carbocycles. The molecule has 1 atom stereocenters. The first kappa shape index (κ1) is 15.6. The van der Waals surface area contributed by atoms with Crippen molar-refractivity contribution in [3.05, 3.63) is 71.3 Å². The van der Waals surface area contributed by atoms with E-state index in [0.717, 1.165) is 25.5 Å². The zero-order chi connectivity index (χ0) is 15.1. The maximum absolute atomic E-state index is 13.3. The summed E-state index contributed by atoms with van der Waals surface area (Å²) >= 11 is 0. The minimum atomic E-state index is -0.511. The lowest BCUT2D eigenvalue weighted by Crippen LogP contribution is -2.31. The highest BCUT2D eigenvalue weighted by molar-refractivity contribution is 5.19. The number of hydrogen-bond donors (Lipinski definition) is 1. The van der Waals surface area contributed by atoms with Crippen molar-refractivity contribution >= 4 is 0 Å². The highest BCUT2D eigenvalue weighted by Gasteiger charge is 2.10. The van der Waals surface area contributed by atoms with Gasteiger partial charge >= 0.3 is 0 Å². The summed E-state index contributed by atoms with van der Waals surface area (Å²) in [6.07, 6.45) is 2.53. The number of nitrogens with one attached hydrogen (secondary N) is 1. The van der Waals surface area contributed by atoms with Crippen LogP contribution < -0.4 is 5.32 Å². The van der Waals surface area contributed by atoms with Crippen molar-refractivity contribution in [2.24, 2.45) is 0 Å². The number of hydrogen-bond acceptors (Lipinski definition) is 1. The molecule has 2 rings (SSSR count). The second-order valence-corrected chi connectivity index (χ2v) is 5.26. The Morgan fingerprint density at radius 3 is 2.24 bits per heavy atom. The van der Waals surface area contributed by atoms with Crippen LogP contribution in [0, 0.1) is 11.6 Å². The monoisotopic (exact) mass is 289 g/mol. The summed E-state index contributed by atoms with van der Waals surface area (Å²) < 4.78 is 26.5. The van der Waals surface area contributed by atoms with E-state index in [0.29, 0.717) is 12.0 Å². The van der Waals surface area contributed by atoms with Gasteiger partial charge in [0.15, 0.2) is 0 Å². The number of likely N-dealkylation sites (N-methyl/N-ethyl adjacent to an activating group) is 1. The molecule has 112 valence electrons. The lowest BCUT2D eigenvalue weighted by atomic mass is 9.99. The Morgan fingerprint density at radius 1 is 0.952 bits per heavy atom. The van der Waals surface area contributed by atoms with Gasteiger partial charge < -0.3 is 5.32 Å². The molecule has 1 N–H and O–H groups in total. The molecular weight excluding hydrogens is 268 g/mol. The molecule has 0 aromatic heterocycles. The molecule has 0 bridgehead atoms. The van der Waals surface area contributed by atoms with Gasteiger partial charge in [-0.15, -0.1) is 0 Å². The predicted molar refractivity (Wildman–Crippen MR) is 82.3 cm³/mol. The molecule has 0 aliphatic rings. The van der Waals surface area contributed by atoms with E-state index in [9.17, 15) is 8.78 Å². The van der Waals surface area contributed by atoms with E-state index in [2.05, 4.69) is 17.4 Å². The molecule has 21 heavy (non-hydrogen) atoms. The van der Waals surface area contributed by atoms with E-state index in [1.54, 1.807) is 0 Å². The van der Waals surface area contributed by atoms with Crippen LogP contribution in [0.25, 0.3) is 0 Å². The summed E-state index contributed by atoms with van der Waals surface area (Å²) in [7, 11) is 0. The molecule has 0 aliphatic heterocycles. The summed E-state index contributed by atoms with van der Waals surface area (Å²) in [5.41, 5.74) is 1.98. The van der Waals surface area contributed by atoms with Crippen molar-refractivity contribution in [2.45, 2.75) is 32.2 Å². The predicted octanol–water partition coefficient (Wildman–Crippen LogP) is 4.12. The second-order valence-electron chi connectivity index (χ2n) is 5.26. The van der Waals surface area contributed by atoms with Gasteiger partial charge in [-0.25, -0.2) is 8.78 Å². The summed E-state index contributed by atoms with van der Waals surface area (Å²) in [5, 5.41) is 3.40. The van der Waals surface area contributed by atoms with E-state index in [4.69, 9.17) is 0 Å². The van der Waals surface area contributed by atoms with Gasteiger partial charge in [-0.1, -0.05) is 37.3 Å². The highest BCUT2D eigenvalue weighted by Crippen LogP contribution is 2.13. The van der Waals surface area contributed by atoms with E-state index < -0.39 is 11.6 Å². The van der Waals surface area contributed by atoms with Crippen molar-refractivity contribution in [1.29, 1.82) is 0 Å². The third kappa shape index (κ3) is 5.27. The van der Waals surface area contributed by atoms with Crippen LogP contribution in [0.3, 0.4) is 0 Å². The maximum Gasteiger partial charge on any atom is 0.126 e. The molecule has 2 aromatic rings. The molecule has 1 unspecified atom stereocenters. The first-order valence-corrected chi connectivity index (χ1v) is 7.39. The quantitative estimate of drug-likeness (QED) is 0.808. The third-order valence-electron chi connectivity index (χ3n) is 3.52. The normalized spacial score (nSPS) is 12.3. The molecule has 1 nitrogen and oxygen atoms in total. The van der Waals surface area contributed by atoms with Crippen LogP contribution >= 0.6 is 0 Å². The largest absolute Gasteiger partial charge is 0.314 e. The zero-order valence-electron chi connectivity index (χ0n) is 12.3. The first-order valence-electron chi connectivity index (χ1n) is 7.39. The Bertz CT molecular complexity index is 534. The average Bonchev–Trinajstić information content (AvgIpc) is 2.45. The number of rotatable bonds is 7. The summed E-state index contributed by atoms with van der Waals surface area (Å²) in [6, 6.07) is 14.2. The highest BCUT2D eigenvalue weighted by atomic mass is 19.1. The van der Waals surface area contributed by atoms with Gasteiger partial charge in [0.2, 0.25) is 0 Å². The van der Waals surface area contributed by atoms with E-state index in [-0.39, 0.29) is 6.04 Å². The molecule has 3 heteroatoms. The molecule has 0 aliphatic carbocycles. The molecule has 0 spiro atoms. The Hall–Kier alpha value is -1.74. The van der Waals surface area contributed by atoms with Gasteiger partial charge in [-0.2, -0.15) is 0 Å². The van der Waals surface area contributed by atoms with Crippen LogP contribution in [0.1, 0.15) is 24.5 Å². The third-order valence-corrected chi connectivity index (χ3v) is 3.52. The van der Waals surface area contributed by atoms with E-state index in [1.807, 2.05) is 25.1 Å². The van der Waals surface area contributed by atoms with Crippen molar-refractivity contribution < 1.29 is 8.78 Å². The maximum atomic E-state index is 13.3. The van der Waals surface area contributed by atoms with Crippen molar-refractivity contribution in [1.82, 2.24) is 5.32 Å². The van der Waals surface area contributed by atoms with Crippen LogP contribution in [0.5, 0.6) is 0 Å². The van der Waals surface area contributed by atoms with Gasteiger partial charge in [0.1, 0.15) is 11.6 Å². The summed E-state index contributed by atoms with van der Waals surface area (Å²) in [4.78, 5) is 0. The standard InChI is InChI=1S/C18H21F2N/c1-2-21-18(9-8-14-6-4-3-5-7-14)12-15-10-16(19)13-17(20)11-15/h3-7,10-11,13,18,21H,2,8-9,12H2,1H3. The van der Waals surface area contributed by atoms with Gasteiger partial charge in [0.25, 0.3) is 0 Å². The van der Waals surface area contributed by atoms with Gasteiger partial charge in [-0.05, 0) is 49.1 Å². The van der Waals surface area contributed by atoms with Crippen LogP contribution in [0.15, 0.2) is 48.5 Å². The van der Waals surface area contributed by atoms with Crippen LogP contribution in [0.2, 0.25) is 0 Å². The van der Waals surface area contributed by atoms with E-state index in [1.165, 1.54) is 17.7 Å². The Morgan fingerprint density at radius 2 is 1.62 bits per heavy atom. The van der Waals surface area contributed by atoms with Gasteiger partial charge in [-0.3, -0.25) is 0 Å². The molecule has 0 heterocycles. The topological polar surface area (TPSA) is 12.0 Å². The average molecular weight is 289 g/mol. The van der Waals surface area contributed by atoms with E-state index >= 15 is 0 Å². The lowest BCUT2D eigenvalue weighted by Gasteiger charge is -2.18. The fourth-order valence-corrected chi connectivity index (χ4v) is 2.56.